The van der Waals surface area contributed by atoms with Gasteiger partial charge in [-0.1, -0.05) is 6.07 Å². The minimum atomic E-state index is -3.71. The highest BCUT2D eigenvalue weighted by Gasteiger charge is 2.16. The molecule has 0 aliphatic rings. The number of anilines is 1. The molecular weight excluding hydrogens is 358 g/mol. The van der Waals surface area contributed by atoms with Crippen LogP contribution in [0.4, 0.5) is 5.69 Å². The first-order chi connectivity index (χ1) is 9.96. The molecule has 0 unspecified atom stereocenters. The average Bonchev–Trinajstić information content (AvgIpc) is 2.49. The summed E-state index contributed by atoms with van der Waals surface area (Å²) in [5.41, 5.74) is 0.400. The third-order valence-electron chi connectivity index (χ3n) is 2.77. The van der Waals surface area contributed by atoms with E-state index in [2.05, 4.69) is 20.7 Å². The molecule has 0 amide bonds. The Morgan fingerprint density at radius 3 is 2.33 bits per heavy atom. The fourth-order valence-electron chi connectivity index (χ4n) is 1.68. The second kappa shape index (κ2) is 6.36. The fraction of sp³-hybridized carbons (Fsp3) is 0.143. The minimum absolute atomic E-state index is 0.122. The van der Waals surface area contributed by atoms with Crippen LogP contribution < -0.4 is 14.2 Å². The van der Waals surface area contributed by atoms with Gasteiger partial charge in [-0.25, -0.2) is 8.42 Å². The lowest BCUT2D eigenvalue weighted by Crippen LogP contribution is -2.13. The number of nitrogens with one attached hydrogen (secondary N) is 1. The van der Waals surface area contributed by atoms with Crippen LogP contribution in [0.15, 0.2) is 51.8 Å². The van der Waals surface area contributed by atoms with E-state index in [4.69, 9.17) is 9.47 Å². The van der Waals surface area contributed by atoms with E-state index >= 15 is 0 Å². The number of ether oxygens (including phenoxy) is 2. The molecule has 2 aromatic rings. The van der Waals surface area contributed by atoms with E-state index in [1.165, 1.54) is 26.4 Å². The van der Waals surface area contributed by atoms with E-state index in [0.29, 0.717) is 21.7 Å². The molecule has 0 heterocycles. The highest BCUT2D eigenvalue weighted by atomic mass is 79.9. The number of hydrogen-bond acceptors (Lipinski definition) is 4. The summed E-state index contributed by atoms with van der Waals surface area (Å²) in [6, 6.07) is 11.3. The van der Waals surface area contributed by atoms with Crippen molar-refractivity contribution in [2.24, 2.45) is 0 Å². The van der Waals surface area contributed by atoms with Crippen LogP contribution in [0.3, 0.4) is 0 Å². The van der Waals surface area contributed by atoms with Crippen molar-refractivity contribution >= 4 is 31.6 Å². The second-order valence-electron chi connectivity index (χ2n) is 4.13. The van der Waals surface area contributed by atoms with Crippen molar-refractivity contribution < 1.29 is 17.9 Å². The topological polar surface area (TPSA) is 64.6 Å². The molecule has 0 spiro atoms. The molecule has 0 bridgehead atoms. The average molecular weight is 372 g/mol. The molecule has 0 radical (unpaired) electrons. The quantitative estimate of drug-likeness (QED) is 0.875. The smallest absolute Gasteiger partial charge is 0.262 e. The van der Waals surface area contributed by atoms with Gasteiger partial charge in [0.15, 0.2) is 0 Å². The number of halogens is 1. The van der Waals surface area contributed by atoms with Gasteiger partial charge in [0.1, 0.15) is 11.5 Å². The number of hydrogen-bond donors (Lipinski definition) is 1. The second-order valence-corrected chi connectivity index (χ2v) is 6.67. The van der Waals surface area contributed by atoms with Gasteiger partial charge in [-0.05, 0) is 40.2 Å². The summed E-state index contributed by atoms with van der Waals surface area (Å²) < 4.78 is 38.1. The van der Waals surface area contributed by atoms with Gasteiger partial charge in [-0.2, -0.15) is 0 Å². The molecule has 0 aromatic heterocycles. The zero-order valence-electron chi connectivity index (χ0n) is 11.5. The summed E-state index contributed by atoms with van der Waals surface area (Å²) in [6.45, 7) is 0. The van der Waals surface area contributed by atoms with E-state index in [0.717, 1.165) is 0 Å². The molecule has 7 heteroatoms. The Balaban J connectivity index is 2.37. The number of methoxy groups -OCH3 is 2. The summed E-state index contributed by atoms with van der Waals surface area (Å²) >= 11 is 3.31. The van der Waals surface area contributed by atoms with Crippen LogP contribution in [-0.4, -0.2) is 22.6 Å². The molecular formula is C14H14BrNO4S. The van der Waals surface area contributed by atoms with Gasteiger partial charge < -0.3 is 9.47 Å². The van der Waals surface area contributed by atoms with E-state index in [1.807, 2.05) is 0 Å². The third kappa shape index (κ3) is 3.68. The molecule has 0 atom stereocenters. The fourth-order valence-corrected chi connectivity index (χ4v) is 3.26. The maximum Gasteiger partial charge on any atom is 0.262 e. The standard InChI is InChI=1S/C14H14BrNO4S/c1-19-10-4-3-5-12(8-10)21(17,18)16-14-9-11(20-2)6-7-13(14)15/h3-9,16H,1-2H3. The Kier molecular flexibility index (Phi) is 4.74. The van der Waals surface area contributed by atoms with Crippen molar-refractivity contribution in [3.63, 3.8) is 0 Å². The zero-order chi connectivity index (χ0) is 15.5. The first-order valence-corrected chi connectivity index (χ1v) is 8.24. The molecule has 0 saturated carbocycles. The van der Waals surface area contributed by atoms with E-state index in [-0.39, 0.29) is 4.90 Å². The van der Waals surface area contributed by atoms with Crippen molar-refractivity contribution in [3.05, 3.63) is 46.9 Å². The number of sulfonamides is 1. The Hall–Kier alpha value is -1.73. The summed E-state index contributed by atoms with van der Waals surface area (Å²) in [6.07, 6.45) is 0. The predicted octanol–water partition coefficient (Wildman–Crippen LogP) is 3.27. The largest absolute Gasteiger partial charge is 0.497 e. The number of rotatable bonds is 5. The number of benzene rings is 2. The van der Waals surface area contributed by atoms with Crippen molar-refractivity contribution in [2.45, 2.75) is 4.90 Å². The maximum absolute atomic E-state index is 12.4. The summed E-state index contributed by atoms with van der Waals surface area (Å²) in [7, 11) is -0.708. The van der Waals surface area contributed by atoms with Crippen LogP contribution in [0.1, 0.15) is 0 Å². The lowest BCUT2D eigenvalue weighted by atomic mass is 10.3. The summed E-state index contributed by atoms with van der Waals surface area (Å²) in [5.74, 6) is 1.03. The van der Waals surface area contributed by atoms with Crippen LogP contribution >= 0.6 is 15.9 Å². The monoisotopic (exact) mass is 371 g/mol. The third-order valence-corrected chi connectivity index (χ3v) is 4.82. The van der Waals surface area contributed by atoms with Crippen molar-refractivity contribution in [1.82, 2.24) is 0 Å². The normalized spacial score (nSPS) is 11.0. The first-order valence-electron chi connectivity index (χ1n) is 5.96. The molecule has 0 fully saturated rings. The molecule has 112 valence electrons. The molecule has 0 aliphatic carbocycles. The van der Waals surface area contributed by atoms with Gasteiger partial charge in [0, 0.05) is 16.6 Å². The van der Waals surface area contributed by atoms with E-state index in [1.54, 1.807) is 30.3 Å². The highest BCUT2D eigenvalue weighted by Crippen LogP contribution is 2.29. The summed E-state index contributed by atoms with van der Waals surface area (Å²) in [5, 5.41) is 0. The molecule has 21 heavy (non-hydrogen) atoms. The SMILES string of the molecule is COc1cccc(S(=O)(=O)Nc2cc(OC)ccc2Br)c1. The molecule has 1 N–H and O–H groups in total. The van der Waals surface area contributed by atoms with Gasteiger partial charge in [0.05, 0.1) is 24.8 Å². The van der Waals surface area contributed by atoms with Crippen LogP contribution in [-0.2, 0) is 10.0 Å². The van der Waals surface area contributed by atoms with Gasteiger partial charge in [0.2, 0.25) is 0 Å². The molecule has 2 rings (SSSR count). The van der Waals surface area contributed by atoms with Gasteiger partial charge in [-0.3, -0.25) is 4.72 Å². The highest BCUT2D eigenvalue weighted by molar-refractivity contribution is 9.10. The summed E-state index contributed by atoms with van der Waals surface area (Å²) in [4.78, 5) is 0.122. The van der Waals surface area contributed by atoms with Crippen molar-refractivity contribution in [1.29, 1.82) is 0 Å². The lowest BCUT2D eigenvalue weighted by Gasteiger charge is -2.11. The molecule has 0 saturated heterocycles. The Bertz CT molecular complexity index is 746. The zero-order valence-corrected chi connectivity index (χ0v) is 13.9. The van der Waals surface area contributed by atoms with Crippen LogP contribution in [0.25, 0.3) is 0 Å². The Morgan fingerprint density at radius 1 is 1.00 bits per heavy atom. The maximum atomic E-state index is 12.4. The first kappa shape index (κ1) is 15.7. The van der Waals surface area contributed by atoms with Gasteiger partial charge in [-0.15, -0.1) is 0 Å². The molecule has 2 aromatic carbocycles. The van der Waals surface area contributed by atoms with Crippen molar-refractivity contribution in [3.8, 4) is 11.5 Å². The Morgan fingerprint density at radius 2 is 1.67 bits per heavy atom. The van der Waals surface area contributed by atoms with Gasteiger partial charge in [0.25, 0.3) is 10.0 Å². The Labute approximate surface area is 132 Å². The van der Waals surface area contributed by atoms with Crippen LogP contribution in [0.5, 0.6) is 11.5 Å². The van der Waals surface area contributed by atoms with E-state index in [9.17, 15) is 8.42 Å². The molecule has 0 aliphatic heterocycles. The predicted molar refractivity (Wildman–Crippen MR) is 84.5 cm³/mol. The van der Waals surface area contributed by atoms with Crippen LogP contribution in [0, 0.1) is 0 Å². The molecule has 5 nitrogen and oxygen atoms in total. The minimum Gasteiger partial charge on any atom is -0.497 e. The van der Waals surface area contributed by atoms with Crippen molar-refractivity contribution in [2.75, 3.05) is 18.9 Å². The van der Waals surface area contributed by atoms with E-state index < -0.39 is 10.0 Å². The lowest BCUT2D eigenvalue weighted by molar-refractivity contribution is 0.413. The van der Waals surface area contributed by atoms with Gasteiger partial charge >= 0.3 is 0 Å². The van der Waals surface area contributed by atoms with Crippen LogP contribution in [0.2, 0.25) is 0 Å².